The summed E-state index contributed by atoms with van der Waals surface area (Å²) >= 11 is 0. The van der Waals surface area contributed by atoms with E-state index in [4.69, 9.17) is 14.2 Å². The minimum absolute atomic E-state index is 0.215. The molecule has 1 saturated heterocycles. The fourth-order valence-corrected chi connectivity index (χ4v) is 4.65. The van der Waals surface area contributed by atoms with Crippen LogP contribution in [0.25, 0.3) is 6.08 Å². The SMILES string of the molecule is CCN1C/C(=C\c2ccc(N(c3ccccc3)c3ccccc3)cc2)OC1=Nc1cc(C(=O)OC)ccc1C(=O)OC. The predicted molar refractivity (Wildman–Crippen MR) is 164 cm³/mol. The van der Waals surface area contributed by atoms with Crippen LogP contribution in [0.1, 0.15) is 33.2 Å². The second kappa shape index (κ2) is 12.9. The first kappa shape index (κ1) is 28.2. The molecule has 1 aliphatic heterocycles. The molecule has 0 spiro atoms. The molecule has 0 atom stereocenters. The van der Waals surface area contributed by atoms with Crippen LogP contribution in [-0.2, 0) is 14.2 Å². The highest BCUT2D eigenvalue weighted by Gasteiger charge is 2.25. The molecule has 0 aliphatic carbocycles. The van der Waals surface area contributed by atoms with Crippen molar-refractivity contribution in [2.45, 2.75) is 6.92 Å². The van der Waals surface area contributed by atoms with Gasteiger partial charge in [0, 0.05) is 23.6 Å². The summed E-state index contributed by atoms with van der Waals surface area (Å²) in [7, 11) is 2.59. The molecule has 0 aromatic heterocycles. The minimum Gasteiger partial charge on any atom is -0.465 e. The highest BCUT2D eigenvalue weighted by molar-refractivity contribution is 5.99. The Morgan fingerprint density at radius 1 is 0.833 bits per heavy atom. The maximum Gasteiger partial charge on any atom is 0.340 e. The van der Waals surface area contributed by atoms with Crippen LogP contribution in [0.15, 0.2) is 114 Å². The third-order valence-electron chi connectivity index (χ3n) is 6.77. The van der Waals surface area contributed by atoms with Crippen LogP contribution in [0, 0.1) is 0 Å². The molecule has 212 valence electrons. The van der Waals surface area contributed by atoms with Gasteiger partial charge < -0.3 is 24.0 Å². The highest BCUT2D eigenvalue weighted by atomic mass is 16.5. The number of carbonyl (C=O) groups excluding carboxylic acids is 2. The molecule has 1 aliphatic rings. The number of likely N-dealkylation sites (N-methyl/N-ethyl adjacent to an activating group) is 1. The lowest BCUT2D eigenvalue weighted by Gasteiger charge is -2.25. The van der Waals surface area contributed by atoms with Crippen molar-refractivity contribution in [2.75, 3.05) is 32.2 Å². The van der Waals surface area contributed by atoms with E-state index in [9.17, 15) is 9.59 Å². The van der Waals surface area contributed by atoms with Crippen LogP contribution in [0.4, 0.5) is 22.7 Å². The number of para-hydroxylation sites is 2. The Bertz CT molecular complexity index is 1580. The van der Waals surface area contributed by atoms with Gasteiger partial charge in [0.05, 0.1) is 37.6 Å². The van der Waals surface area contributed by atoms with Crippen molar-refractivity contribution in [3.8, 4) is 0 Å². The number of carbonyl (C=O) groups is 2. The molecule has 0 N–H and O–H groups in total. The maximum absolute atomic E-state index is 12.4. The zero-order valence-electron chi connectivity index (χ0n) is 23.7. The van der Waals surface area contributed by atoms with Gasteiger partial charge in [0.25, 0.3) is 6.02 Å². The molecule has 0 unspecified atom stereocenters. The third kappa shape index (κ3) is 6.18. The number of amidine groups is 1. The van der Waals surface area contributed by atoms with Crippen molar-refractivity contribution >= 4 is 46.8 Å². The molecule has 0 amide bonds. The van der Waals surface area contributed by atoms with Gasteiger partial charge in [-0.3, -0.25) is 0 Å². The van der Waals surface area contributed by atoms with Crippen molar-refractivity contribution in [2.24, 2.45) is 4.99 Å². The van der Waals surface area contributed by atoms with Gasteiger partial charge >= 0.3 is 11.9 Å². The fourth-order valence-electron chi connectivity index (χ4n) is 4.65. The number of hydrogen-bond donors (Lipinski definition) is 0. The first-order valence-electron chi connectivity index (χ1n) is 13.5. The predicted octanol–water partition coefficient (Wildman–Crippen LogP) is 7.11. The topological polar surface area (TPSA) is 80.7 Å². The molecular formula is C34H31N3O5. The van der Waals surface area contributed by atoms with E-state index < -0.39 is 11.9 Å². The molecule has 1 heterocycles. The number of ether oxygens (including phenoxy) is 3. The largest absolute Gasteiger partial charge is 0.465 e. The Balaban J connectivity index is 1.43. The van der Waals surface area contributed by atoms with Crippen LogP contribution < -0.4 is 4.90 Å². The van der Waals surface area contributed by atoms with Gasteiger partial charge in [-0.05, 0) is 73.2 Å². The smallest absolute Gasteiger partial charge is 0.340 e. The first-order chi connectivity index (χ1) is 20.5. The zero-order chi connectivity index (χ0) is 29.5. The molecule has 5 rings (SSSR count). The minimum atomic E-state index is -0.567. The second-order valence-electron chi connectivity index (χ2n) is 9.43. The van der Waals surface area contributed by atoms with Gasteiger partial charge in [-0.2, -0.15) is 4.99 Å². The Hall–Kier alpha value is -5.37. The molecule has 8 heteroatoms. The number of methoxy groups -OCH3 is 2. The fraction of sp³-hybridized carbons (Fsp3) is 0.147. The Morgan fingerprint density at radius 3 is 2.00 bits per heavy atom. The van der Waals surface area contributed by atoms with Crippen LogP contribution >= 0.6 is 0 Å². The highest BCUT2D eigenvalue weighted by Crippen LogP contribution is 2.34. The van der Waals surface area contributed by atoms with Crippen molar-refractivity contribution in [1.82, 2.24) is 4.90 Å². The standard InChI is InChI=1S/C34H31N3O5/c1-4-36-23-29(42-34(36)35-31-22-25(32(38)40-2)17-20-30(31)33(39)41-3)21-24-15-18-28(19-16-24)37(26-11-7-5-8-12-26)27-13-9-6-10-14-27/h5-22H,4,23H2,1-3H3/b29-21+,35-34?. The number of rotatable bonds is 8. The summed E-state index contributed by atoms with van der Waals surface area (Å²) in [6.45, 7) is 3.12. The Labute approximate surface area is 245 Å². The van der Waals surface area contributed by atoms with Gasteiger partial charge in [0.2, 0.25) is 0 Å². The van der Waals surface area contributed by atoms with Crippen molar-refractivity contribution in [3.63, 3.8) is 0 Å². The van der Waals surface area contributed by atoms with Gasteiger partial charge in [-0.25, -0.2) is 9.59 Å². The molecule has 0 radical (unpaired) electrons. The molecule has 0 saturated carbocycles. The van der Waals surface area contributed by atoms with E-state index in [0.29, 0.717) is 24.9 Å². The lowest BCUT2D eigenvalue weighted by Crippen LogP contribution is -2.24. The molecule has 42 heavy (non-hydrogen) atoms. The van der Waals surface area contributed by atoms with Gasteiger partial charge in [-0.15, -0.1) is 0 Å². The number of esters is 2. The normalized spacial score (nSPS) is 14.5. The van der Waals surface area contributed by atoms with E-state index in [1.165, 1.54) is 32.4 Å². The van der Waals surface area contributed by atoms with Crippen molar-refractivity contribution < 1.29 is 23.8 Å². The van der Waals surface area contributed by atoms with E-state index in [2.05, 4.69) is 46.3 Å². The van der Waals surface area contributed by atoms with Crippen LogP contribution in [0.5, 0.6) is 0 Å². The van der Waals surface area contributed by atoms with Crippen LogP contribution in [0.2, 0.25) is 0 Å². The summed E-state index contributed by atoms with van der Waals surface area (Å²) in [5.41, 5.74) is 4.86. The summed E-state index contributed by atoms with van der Waals surface area (Å²) < 4.78 is 15.9. The van der Waals surface area contributed by atoms with Gasteiger partial charge in [0.15, 0.2) is 0 Å². The molecule has 4 aromatic carbocycles. The first-order valence-corrected chi connectivity index (χ1v) is 13.5. The van der Waals surface area contributed by atoms with E-state index >= 15 is 0 Å². The number of aliphatic imine (C=N–C) groups is 1. The van der Waals surface area contributed by atoms with Crippen molar-refractivity contribution in [1.29, 1.82) is 0 Å². The average molecular weight is 562 g/mol. The van der Waals surface area contributed by atoms with E-state index in [-0.39, 0.29) is 16.8 Å². The monoisotopic (exact) mass is 561 g/mol. The summed E-state index contributed by atoms with van der Waals surface area (Å²) in [5, 5.41) is 0. The summed E-state index contributed by atoms with van der Waals surface area (Å²) in [5.74, 6) is -0.396. The van der Waals surface area contributed by atoms with Crippen LogP contribution in [-0.4, -0.2) is 50.2 Å². The quantitative estimate of drug-likeness (QED) is 0.212. The number of benzene rings is 4. The number of hydrogen-bond acceptors (Lipinski definition) is 7. The summed E-state index contributed by atoms with van der Waals surface area (Å²) in [4.78, 5) is 33.3. The zero-order valence-corrected chi connectivity index (χ0v) is 23.7. The molecule has 8 nitrogen and oxygen atoms in total. The van der Waals surface area contributed by atoms with E-state index in [1.807, 2.05) is 66.4 Å². The summed E-state index contributed by atoms with van der Waals surface area (Å²) in [6, 6.07) is 33.5. The van der Waals surface area contributed by atoms with Gasteiger partial charge in [0.1, 0.15) is 5.76 Å². The lowest BCUT2D eigenvalue weighted by molar-refractivity contribution is 0.0587. The third-order valence-corrected chi connectivity index (χ3v) is 6.77. The lowest BCUT2D eigenvalue weighted by atomic mass is 10.1. The van der Waals surface area contributed by atoms with Crippen LogP contribution in [0.3, 0.4) is 0 Å². The maximum atomic E-state index is 12.4. The molecular weight excluding hydrogens is 530 g/mol. The number of anilines is 3. The van der Waals surface area contributed by atoms with E-state index in [0.717, 1.165) is 22.6 Å². The molecule has 4 aromatic rings. The average Bonchev–Trinajstić information content (AvgIpc) is 3.43. The Kier molecular flexibility index (Phi) is 8.63. The number of nitrogens with zero attached hydrogens (tertiary/aromatic N) is 3. The van der Waals surface area contributed by atoms with E-state index in [1.54, 1.807) is 0 Å². The second-order valence-corrected chi connectivity index (χ2v) is 9.43. The molecule has 1 fully saturated rings. The summed E-state index contributed by atoms with van der Waals surface area (Å²) in [6.07, 6.45) is 1.97. The van der Waals surface area contributed by atoms with Crippen molar-refractivity contribution in [3.05, 3.63) is 126 Å². The van der Waals surface area contributed by atoms with Gasteiger partial charge in [-0.1, -0.05) is 48.5 Å². The Morgan fingerprint density at radius 2 is 1.43 bits per heavy atom. The molecule has 0 bridgehead atoms.